The molecular formula is C24H31N5O3S. The first-order valence-electron chi connectivity index (χ1n) is 11.4. The van der Waals surface area contributed by atoms with Gasteiger partial charge in [-0.2, -0.15) is 4.31 Å². The van der Waals surface area contributed by atoms with Crippen LogP contribution in [0.25, 0.3) is 11.0 Å². The zero-order chi connectivity index (χ0) is 23.8. The van der Waals surface area contributed by atoms with Crippen molar-refractivity contribution in [3.63, 3.8) is 0 Å². The van der Waals surface area contributed by atoms with E-state index in [0.717, 1.165) is 28.8 Å². The van der Waals surface area contributed by atoms with Gasteiger partial charge in [0.1, 0.15) is 5.52 Å². The molecule has 9 heteroatoms. The number of sulfonamides is 1. The molecule has 0 spiro atoms. The fourth-order valence-electron chi connectivity index (χ4n) is 4.38. The van der Waals surface area contributed by atoms with Crippen molar-refractivity contribution in [3.8, 4) is 0 Å². The van der Waals surface area contributed by atoms with E-state index in [0.29, 0.717) is 31.4 Å². The molecule has 1 saturated heterocycles. The number of hydrogen-bond donors (Lipinski definition) is 1. The summed E-state index contributed by atoms with van der Waals surface area (Å²) < 4.78 is 29.8. The van der Waals surface area contributed by atoms with Gasteiger partial charge in [0.2, 0.25) is 15.9 Å². The summed E-state index contributed by atoms with van der Waals surface area (Å²) >= 11 is 0. The van der Waals surface area contributed by atoms with Crippen LogP contribution < -0.4 is 5.32 Å². The van der Waals surface area contributed by atoms with Gasteiger partial charge in [0.05, 0.1) is 16.5 Å². The summed E-state index contributed by atoms with van der Waals surface area (Å²) in [6.45, 7) is 8.74. The fraction of sp³-hybridized carbons (Fsp3) is 0.458. The van der Waals surface area contributed by atoms with E-state index < -0.39 is 10.0 Å². The largest absolute Gasteiger partial charge is 0.326 e. The van der Waals surface area contributed by atoms with Crippen molar-refractivity contribution in [3.05, 3.63) is 47.5 Å². The van der Waals surface area contributed by atoms with Crippen LogP contribution in [0, 0.1) is 19.8 Å². The Kier molecular flexibility index (Phi) is 6.54. The first kappa shape index (κ1) is 23.4. The van der Waals surface area contributed by atoms with E-state index in [-0.39, 0.29) is 22.8 Å². The van der Waals surface area contributed by atoms with Crippen molar-refractivity contribution in [1.82, 2.24) is 19.3 Å². The molecule has 0 radical (unpaired) electrons. The SMILES string of the molecule is CC[C@H](C)n1nnc2cc(S(=O)(=O)N3CCC(C(=O)Nc4cc(C)cc(C)c4)CC3)ccc21. The van der Waals surface area contributed by atoms with Gasteiger partial charge in [-0.1, -0.05) is 18.2 Å². The quantitative estimate of drug-likeness (QED) is 0.587. The van der Waals surface area contributed by atoms with Crippen LogP contribution in [-0.4, -0.2) is 46.7 Å². The van der Waals surface area contributed by atoms with Gasteiger partial charge in [-0.15, -0.1) is 5.10 Å². The zero-order valence-corrected chi connectivity index (χ0v) is 20.4. The van der Waals surface area contributed by atoms with Gasteiger partial charge in [0, 0.05) is 24.7 Å². The number of carbonyl (C=O) groups is 1. The van der Waals surface area contributed by atoms with Crippen LogP contribution in [0.1, 0.15) is 50.3 Å². The van der Waals surface area contributed by atoms with Crippen LogP contribution in [0.4, 0.5) is 5.69 Å². The van der Waals surface area contributed by atoms with Crippen molar-refractivity contribution < 1.29 is 13.2 Å². The van der Waals surface area contributed by atoms with Crippen molar-refractivity contribution in [2.75, 3.05) is 18.4 Å². The minimum atomic E-state index is -3.66. The van der Waals surface area contributed by atoms with Gasteiger partial charge < -0.3 is 5.32 Å². The number of carbonyl (C=O) groups excluding carboxylic acids is 1. The number of amides is 1. The summed E-state index contributed by atoms with van der Waals surface area (Å²) in [4.78, 5) is 13.0. The van der Waals surface area contributed by atoms with Gasteiger partial charge in [0.15, 0.2) is 0 Å². The molecule has 1 fully saturated rings. The Bertz CT molecular complexity index is 1260. The third kappa shape index (κ3) is 4.79. The molecule has 33 heavy (non-hydrogen) atoms. The molecule has 2 aromatic carbocycles. The minimum absolute atomic E-state index is 0.0554. The number of aryl methyl sites for hydroxylation is 2. The molecule has 1 N–H and O–H groups in total. The van der Waals surface area contributed by atoms with Gasteiger partial charge in [-0.05, 0) is 81.5 Å². The Hall–Kier alpha value is -2.78. The van der Waals surface area contributed by atoms with E-state index in [1.807, 2.05) is 30.7 Å². The summed E-state index contributed by atoms with van der Waals surface area (Å²) in [6.07, 6.45) is 1.88. The summed E-state index contributed by atoms with van der Waals surface area (Å²) in [6, 6.07) is 11.1. The van der Waals surface area contributed by atoms with E-state index in [1.54, 1.807) is 18.2 Å². The van der Waals surface area contributed by atoms with Crippen LogP contribution >= 0.6 is 0 Å². The monoisotopic (exact) mass is 469 g/mol. The average Bonchev–Trinajstić information content (AvgIpc) is 3.21. The smallest absolute Gasteiger partial charge is 0.243 e. The lowest BCUT2D eigenvalue weighted by Gasteiger charge is -2.30. The summed E-state index contributed by atoms with van der Waals surface area (Å²) in [7, 11) is -3.66. The van der Waals surface area contributed by atoms with E-state index in [2.05, 4.69) is 35.5 Å². The number of aromatic nitrogens is 3. The van der Waals surface area contributed by atoms with Crippen LogP contribution in [0.3, 0.4) is 0 Å². The molecule has 4 rings (SSSR count). The molecule has 0 bridgehead atoms. The van der Waals surface area contributed by atoms with E-state index >= 15 is 0 Å². The second kappa shape index (κ2) is 9.23. The van der Waals surface area contributed by atoms with Gasteiger partial charge in [-0.25, -0.2) is 13.1 Å². The topological polar surface area (TPSA) is 97.2 Å². The molecule has 1 amide bonds. The zero-order valence-electron chi connectivity index (χ0n) is 19.6. The standard InChI is InChI=1S/C24H31N5O3S/c1-5-18(4)29-23-7-6-21(15-22(23)26-27-29)33(31,32)28-10-8-19(9-11-28)24(30)25-20-13-16(2)12-17(3)14-20/h6-7,12-15,18-19H,5,8-11H2,1-4H3,(H,25,30)/t18-/m0/s1. The molecule has 8 nitrogen and oxygen atoms in total. The van der Waals surface area contributed by atoms with Crippen molar-refractivity contribution in [2.24, 2.45) is 5.92 Å². The Morgan fingerprint density at radius 2 is 1.79 bits per heavy atom. The van der Waals surface area contributed by atoms with E-state index in [9.17, 15) is 13.2 Å². The number of nitrogens with one attached hydrogen (secondary N) is 1. The number of benzene rings is 2. The van der Waals surface area contributed by atoms with Crippen LogP contribution in [-0.2, 0) is 14.8 Å². The second-order valence-electron chi connectivity index (χ2n) is 8.99. The molecule has 0 aliphatic carbocycles. The van der Waals surface area contributed by atoms with E-state index in [1.165, 1.54) is 4.31 Å². The molecule has 1 atom stereocenters. The molecule has 3 aromatic rings. The van der Waals surface area contributed by atoms with Crippen LogP contribution in [0.15, 0.2) is 41.3 Å². The number of rotatable bonds is 6. The first-order valence-corrected chi connectivity index (χ1v) is 12.9. The van der Waals surface area contributed by atoms with Crippen LogP contribution in [0.5, 0.6) is 0 Å². The maximum absolute atomic E-state index is 13.2. The van der Waals surface area contributed by atoms with E-state index in [4.69, 9.17) is 0 Å². The summed E-state index contributed by atoms with van der Waals surface area (Å²) in [5.74, 6) is -0.268. The number of fused-ring (bicyclic) bond motifs is 1. The molecule has 1 aliphatic heterocycles. The molecule has 1 aromatic heterocycles. The minimum Gasteiger partial charge on any atom is -0.326 e. The van der Waals surface area contributed by atoms with Crippen molar-refractivity contribution in [1.29, 1.82) is 0 Å². The molecule has 0 saturated carbocycles. The van der Waals surface area contributed by atoms with Gasteiger partial charge >= 0.3 is 0 Å². The van der Waals surface area contributed by atoms with Crippen molar-refractivity contribution in [2.45, 2.75) is 57.9 Å². The van der Waals surface area contributed by atoms with Gasteiger partial charge in [-0.3, -0.25) is 4.79 Å². The predicted octanol–water partition coefficient (Wildman–Crippen LogP) is 4.06. The third-order valence-corrected chi connectivity index (χ3v) is 8.30. The second-order valence-corrected chi connectivity index (χ2v) is 10.9. The lowest BCUT2D eigenvalue weighted by Crippen LogP contribution is -2.41. The highest BCUT2D eigenvalue weighted by Gasteiger charge is 2.32. The lowest BCUT2D eigenvalue weighted by molar-refractivity contribution is -0.120. The predicted molar refractivity (Wildman–Crippen MR) is 129 cm³/mol. The number of piperidine rings is 1. The lowest BCUT2D eigenvalue weighted by atomic mass is 9.97. The maximum Gasteiger partial charge on any atom is 0.243 e. The molecule has 1 aliphatic rings. The molecule has 0 unspecified atom stereocenters. The third-order valence-electron chi connectivity index (χ3n) is 6.40. The average molecular weight is 470 g/mol. The highest BCUT2D eigenvalue weighted by atomic mass is 32.2. The Morgan fingerprint density at radius 1 is 1.12 bits per heavy atom. The number of hydrogen-bond acceptors (Lipinski definition) is 5. The highest BCUT2D eigenvalue weighted by Crippen LogP contribution is 2.27. The summed E-state index contributed by atoms with van der Waals surface area (Å²) in [5, 5.41) is 11.4. The molecule has 176 valence electrons. The first-order chi connectivity index (χ1) is 15.7. The maximum atomic E-state index is 13.2. The van der Waals surface area contributed by atoms with Gasteiger partial charge in [0.25, 0.3) is 0 Å². The Balaban J connectivity index is 1.44. The number of anilines is 1. The summed E-state index contributed by atoms with van der Waals surface area (Å²) in [5.41, 5.74) is 4.36. The Morgan fingerprint density at radius 3 is 2.42 bits per heavy atom. The van der Waals surface area contributed by atoms with Crippen molar-refractivity contribution >= 4 is 32.7 Å². The Labute approximate surface area is 195 Å². The highest BCUT2D eigenvalue weighted by molar-refractivity contribution is 7.89. The molecular weight excluding hydrogens is 438 g/mol. The normalized spacial score (nSPS) is 16.7. The fourth-order valence-corrected chi connectivity index (χ4v) is 5.87. The number of nitrogens with zero attached hydrogens (tertiary/aromatic N) is 4. The van der Waals surface area contributed by atoms with Crippen LogP contribution in [0.2, 0.25) is 0 Å². The molecule has 2 heterocycles.